The Morgan fingerprint density at radius 1 is 1.44 bits per heavy atom. The van der Waals surface area contributed by atoms with E-state index in [2.05, 4.69) is 18.3 Å². The molecule has 0 radical (unpaired) electrons. The lowest BCUT2D eigenvalue weighted by atomic mass is 10.1. The Labute approximate surface area is 102 Å². The van der Waals surface area contributed by atoms with E-state index in [-0.39, 0.29) is 0 Å². The molecule has 3 unspecified atom stereocenters. The number of hydrogen-bond donors (Lipinski definition) is 2. The highest BCUT2D eigenvalue weighted by Crippen LogP contribution is 2.22. The Kier molecular flexibility index (Phi) is 3.85. The predicted octanol–water partition coefficient (Wildman–Crippen LogP) is 2.87. The third-order valence-corrected chi connectivity index (χ3v) is 3.54. The van der Waals surface area contributed by atoms with Crippen molar-refractivity contribution in [1.82, 2.24) is 5.32 Å². The molecule has 0 amide bonds. The van der Waals surface area contributed by atoms with Gasteiger partial charge in [-0.1, -0.05) is 23.7 Å². The second-order valence-corrected chi connectivity index (χ2v) is 5.15. The van der Waals surface area contributed by atoms with Crippen LogP contribution >= 0.6 is 11.6 Å². The summed E-state index contributed by atoms with van der Waals surface area (Å²) < 4.78 is 0. The quantitative estimate of drug-likeness (QED) is 0.850. The fourth-order valence-electron chi connectivity index (χ4n) is 2.39. The average molecular weight is 239 g/mol. The normalized spacial score (nSPS) is 26.9. The van der Waals surface area contributed by atoms with E-state index in [1.165, 1.54) is 12.0 Å². The van der Waals surface area contributed by atoms with Crippen molar-refractivity contribution in [2.45, 2.75) is 44.3 Å². The molecular formula is C13H19ClN2. The van der Waals surface area contributed by atoms with Crippen molar-refractivity contribution in [3.05, 3.63) is 34.9 Å². The van der Waals surface area contributed by atoms with Gasteiger partial charge < -0.3 is 11.1 Å². The smallest absolute Gasteiger partial charge is 0.0409 e. The molecule has 0 saturated heterocycles. The minimum Gasteiger partial charge on any atom is -0.328 e. The van der Waals surface area contributed by atoms with E-state index >= 15 is 0 Å². The number of nitrogens with two attached hydrogens (primary N) is 1. The van der Waals surface area contributed by atoms with Crippen molar-refractivity contribution in [1.29, 1.82) is 0 Å². The summed E-state index contributed by atoms with van der Waals surface area (Å²) in [4.78, 5) is 0. The van der Waals surface area contributed by atoms with Gasteiger partial charge in [0.25, 0.3) is 0 Å². The molecule has 1 aromatic carbocycles. The van der Waals surface area contributed by atoms with Crippen LogP contribution in [0.4, 0.5) is 0 Å². The Morgan fingerprint density at radius 2 is 2.25 bits per heavy atom. The standard InChI is InChI=1S/C13H19ClN2/c1-9(10-3-2-4-11(14)7-10)16-13-6-5-12(15)8-13/h2-4,7,9,12-13,16H,5-6,8,15H2,1H3. The SMILES string of the molecule is CC(NC1CCC(N)C1)c1cccc(Cl)c1. The molecule has 1 saturated carbocycles. The molecule has 88 valence electrons. The molecule has 3 atom stereocenters. The minimum atomic E-state index is 0.342. The molecule has 1 aliphatic rings. The number of halogens is 1. The fourth-order valence-corrected chi connectivity index (χ4v) is 2.59. The van der Waals surface area contributed by atoms with Crippen molar-refractivity contribution in [2.75, 3.05) is 0 Å². The van der Waals surface area contributed by atoms with Crippen LogP contribution in [0.5, 0.6) is 0 Å². The summed E-state index contributed by atoms with van der Waals surface area (Å²) in [7, 11) is 0. The van der Waals surface area contributed by atoms with E-state index in [0.717, 1.165) is 17.9 Å². The van der Waals surface area contributed by atoms with Crippen LogP contribution in [-0.2, 0) is 0 Å². The van der Waals surface area contributed by atoms with Crippen LogP contribution in [0, 0.1) is 0 Å². The predicted molar refractivity (Wildman–Crippen MR) is 68.6 cm³/mol. The van der Waals surface area contributed by atoms with Crippen LogP contribution in [0.15, 0.2) is 24.3 Å². The second-order valence-electron chi connectivity index (χ2n) is 4.71. The second kappa shape index (κ2) is 5.17. The summed E-state index contributed by atoms with van der Waals surface area (Å²) in [5.74, 6) is 0. The van der Waals surface area contributed by atoms with Gasteiger partial charge in [-0.15, -0.1) is 0 Å². The third kappa shape index (κ3) is 2.97. The first-order chi connectivity index (χ1) is 7.65. The molecule has 1 aliphatic carbocycles. The Balaban J connectivity index is 1.95. The zero-order valence-electron chi connectivity index (χ0n) is 9.62. The molecule has 0 aromatic heterocycles. The monoisotopic (exact) mass is 238 g/mol. The van der Waals surface area contributed by atoms with Crippen LogP contribution in [0.25, 0.3) is 0 Å². The molecular weight excluding hydrogens is 220 g/mol. The van der Waals surface area contributed by atoms with Gasteiger partial charge in [0, 0.05) is 23.1 Å². The maximum Gasteiger partial charge on any atom is 0.0409 e. The van der Waals surface area contributed by atoms with Gasteiger partial charge in [0.2, 0.25) is 0 Å². The zero-order valence-corrected chi connectivity index (χ0v) is 10.4. The molecule has 0 spiro atoms. The lowest BCUT2D eigenvalue weighted by Gasteiger charge is -2.19. The van der Waals surface area contributed by atoms with Crippen molar-refractivity contribution >= 4 is 11.6 Å². The minimum absolute atomic E-state index is 0.342. The van der Waals surface area contributed by atoms with Gasteiger partial charge in [-0.05, 0) is 43.9 Å². The van der Waals surface area contributed by atoms with Gasteiger partial charge in [0.1, 0.15) is 0 Å². The Bertz CT molecular complexity index is 354. The lowest BCUT2D eigenvalue weighted by Crippen LogP contribution is -2.30. The van der Waals surface area contributed by atoms with Gasteiger partial charge in [0.15, 0.2) is 0 Å². The van der Waals surface area contributed by atoms with Crippen molar-refractivity contribution in [3.63, 3.8) is 0 Å². The first-order valence-electron chi connectivity index (χ1n) is 5.92. The summed E-state index contributed by atoms with van der Waals surface area (Å²) in [5, 5.41) is 4.41. The fraction of sp³-hybridized carbons (Fsp3) is 0.538. The van der Waals surface area contributed by atoms with Crippen LogP contribution < -0.4 is 11.1 Å². The number of nitrogens with one attached hydrogen (secondary N) is 1. The molecule has 3 heteroatoms. The number of benzene rings is 1. The summed E-state index contributed by atoms with van der Waals surface area (Å²) in [5.41, 5.74) is 7.15. The molecule has 16 heavy (non-hydrogen) atoms. The molecule has 0 heterocycles. The highest BCUT2D eigenvalue weighted by atomic mass is 35.5. The van der Waals surface area contributed by atoms with Gasteiger partial charge >= 0.3 is 0 Å². The Hall–Kier alpha value is -0.570. The molecule has 1 fully saturated rings. The molecule has 3 N–H and O–H groups in total. The van der Waals surface area contributed by atoms with E-state index < -0.39 is 0 Å². The molecule has 2 rings (SSSR count). The van der Waals surface area contributed by atoms with Crippen molar-refractivity contribution in [3.8, 4) is 0 Å². The largest absolute Gasteiger partial charge is 0.328 e. The Morgan fingerprint density at radius 3 is 2.88 bits per heavy atom. The lowest BCUT2D eigenvalue weighted by molar-refractivity contribution is 0.457. The van der Waals surface area contributed by atoms with Crippen LogP contribution in [0.3, 0.4) is 0 Å². The first kappa shape index (κ1) is 11.9. The van der Waals surface area contributed by atoms with E-state index in [1.807, 2.05) is 18.2 Å². The highest BCUT2D eigenvalue weighted by Gasteiger charge is 2.22. The van der Waals surface area contributed by atoms with Crippen LogP contribution in [0.2, 0.25) is 5.02 Å². The van der Waals surface area contributed by atoms with Gasteiger partial charge in [0.05, 0.1) is 0 Å². The highest BCUT2D eigenvalue weighted by molar-refractivity contribution is 6.30. The maximum absolute atomic E-state index is 5.98. The van der Waals surface area contributed by atoms with E-state index in [1.54, 1.807) is 0 Å². The third-order valence-electron chi connectivity index (χ3n) is 3.31. The average Bonchev–Trinajstić information content (AvgIpc) is 2.64. The zero-order chi connectivity index (χ0) is 11.5. The summed E-state index contributed by atoms with van der Waals surface area (Å²) in [6.07, 6.45) is 3.41. The van der Waals surface area contributed by atoms with Crippen molar-refractivity contribution < 1.29 is 0 Å². The molecule has 0 bridgehead atoms. The first-order valence-corrected chi connectivity index (χ1v) is 6.30. The van der Waals surface area contributed by atoms with E-state index in [0.29, 0.717) is 18.1 Å². The van der Waals surface area contributed by atoms with Crippen molar-refractivity contribution in [2.24, 2.45) is 5.73 Å². The molecule has 0 aliphatic heterocycles. The van der Waals surface area contributed by atoms with Crippen LogP contribution in [0.1, 0.15) is 37.8 Å². The summed E-state index contributed by atoms with van der Waals surface area (Å²) >= 11 is 5.98. The molecule has 1 aromatic rings. The van der Waals surface area contributed by atoms with Gasteiger partial charge in [-0.2, -0.15) is 0 Å². The number of rotatable bonds is 3. The summed E-state index contributed by atoms with van der Waals surface area (Å²) in [6.45, 7) is 2.18. The summed E-state index contributed by atoms with van der Waals surface area (Å²) in [6, 6.07) is 9.31. The topological polar surface area (TPSA) is 38.0 Å². The van der Waals surface area contributed by atoms with E-state index in [9.17, 15) is 0 Å². The molecule has 2 nitrogen and oxygen atoms in total. The maximum atomic E-state index is 5.98. The number of hydrogen-bond acceptors (Lipinski definition) is 2. The van der Waals surface area contributed by atoms with Crippen LogP contribution in [-0.4, -0.2) is 12.1 Å². The van der Waals surface area contributed by atoms with Gasteiger partial charge in [-0.25, -0.2) is 0 Å². The van der Waals surface area contributed by atoms with Gasteiger partial charge in [-0.3, -0.25) is 0 Å². The van der Waals surface area contributed by atoms with E-state index in [4.69, 9.17) is 17.3 Å².